The number of carbonyl (C=O) groups excluding carboxylic acids is 1. The number of hydrogen-bond donors (Lipinski definition) is 1. The summed E-state index contributed by atoms with van der Waals surface area (Å²) in [6, 6.07) is 0.703. The zero-order valence-corrected chi connectivity index (χ0v) is 8.62. The molecule has 2 bridgehead atoms. The summed E-state index contributed by atoms with van der Waals surface area (Å²) in [5.41, 5.74) is 7.30. The number of hydrogen-bond acceptors (Lipinski definition) is 4. The average Bonchev–Trinajstić information content (AvgIpc) is 2.42. The molecule has 0 saturated carbocycles. The first-order valence-corrected chi connectivity index (χ1v) is 4.94. The number of rotatable bonds is 1. The minimum absolute atomic E-state index is 0.182. The summed E-state index contributed by atoms with van der Waals surface area (Å²) >= 11 is 0. The third kappa shape index (κ3) is 1.21. The molecule has 2 atom stereocenters. The number of esters is 1. The fourth-order valence-corrected chi connectivity index (χ4v) is 2.56. The predicted molar refractivity (Wildman–Crippen MR) is 52.4 cm³/mol. The van der Waals surface area contributed by atoms with E-state index in [1.165, 1.54) is 7.11 Å². The van der Waals surface area contributed by atoms with Gasteiger partial charge in [-0.25, -0.2) is 4.79 Å². The van der Waals surface area contributed by atoms with Crippen molar-refractivity contribution in [2.75, 3.05) is 14.2 Å². The summed E-state index contributed by atoms with van der Waals surface area (Å²) in [7, 11) is 3.46. The third-order valence-corrected chi connectivity index (χ3v) is 3.38. The third-order valence-electron chi connectivity index (χ3n) is 3.38. The first kappa shape index (κ1) is 9.52. The molecule has 2 unspecified atom stereocenters. The molecular weight excluding hydrogens is 180 g/mol. The van der Waals surface area contributed by atoms with Crippen LogP contribution in [-0.2, 0) is 9.53 Å². The molecule has 0 aliphatic carbocycles. The molecular formula is C10H16N2O2. The van der Waals surface area contributed by atoms with Crippen LogP contribution in [0.15, 0.2) is 11.3 Å². The highest BCUT2D eigenvalue weighted by atomic mass is 16.5. The highest BCUT2D eigenvalue weighted by molar-refractivity contribution is 5.91. The molecule has 4 heteroatoms. The van der Waals surface area contributed by atoms with Crippen LogP contribution < -0.4 is 5.73 Å². The largest absolute Gasteiger partial charge is 0.466 e. The van der Waals surface area contributed by atoms with Gasteiger partial charge in [-0.05, 0) is 19.9 Å². The molecule has 4 nitrogen and oxygen atoms in total. The maximum atomic E-state index is 11.5. The van der Waals surface area contributed by atoms with Gasteiger partial charge in [0.2, 0.25) is 0 Å². The number of carbonyl (C=O) groups is 1. The number of fused-ring (bicyclic) bond motifs is 2. The summed E-state index contributed by atoms with van der Waals surface area (Å²) in [5, 5.41) is 0. The van der Waals surface area contributed by atoms with Crippen LogP contribution in [0.25, 0.3) is 0 Å². The Morgan fingerprint density at radius 1 is 1.57 bits per heavy atom. The summed E-state index contributed by atoms with van der Waals surface area (Å²) < 4.78 is 4.76. The van der Waals surface area contributed by atoms with E-state index in [0.29, 0.717) is 11.6 Å². The normalized spacial score (nSPS) is 32.1. The lowest BCUT2D eigenvalue weighted by Crippen LogP contribution is -2.42. The maximum Gasteiger partial charge on any atom is 0.337 e. The van der Waals surface area contributed by atoms with E-state index in [4.69, 9.17) is 10.5 Å². The van der Waals surface area contributed by atoms with Gasteiger partial charge in [0.1, 0.15) is 0 Å². The number of ether oxygens (including phenoxy) is 1. The van der Waals surface area contributed by atoms with Crippen molar-refractivity contribution in [1.29, 1.82) is 0 Å². The molecule has 2 aliphatic rings. The molecule has 0 spiro atoms. The number of nitrogens with two attached hydrogens (primary N) is 1. The van der Waals surface area contributed by atoms with Gasteiger partial charge in [-0.3, -0.25) is 4.90 Å². The second-order valence-electron chi connectivity index (χ2n) is 4.05. The second-order valence-corrected chi connectivity index (χ2v) is 4.05. The first-order valence-electron chi connectivity index (χ1n) is 4.94. The van der Waals surface area contributed by atoms with E-state index in [0.717, 1.165) is 25.0 Å². The molecule has 0 aromatic carbocycles. The molecule has 78 valence electrons. The topological polar surface area (TPSA) is 55.6 Å². The molecule has 0 radical (unpaired) electrons. The Morgan fingerprint density at radius 2 is 2.29 bits per heavy atom. The van der Waals surface area contributed by atoms with Gasteiger partial charge in [-0.15, -0.1) is 0 Å². The molecule has 2 heterocycles. The summed E-state index contributed by atoms with van der Waals surface area (Å²) in [6.07, 6.45) is 2.95. The van der Waals surface area contributed by atoms with E-state index in [9.17, 15) is 4.79 Å². The van der Waals surface area contributed by atoms with Crippen LogP contribution in [0.1, 0.15) is 19.3 Å². The van der Waals surface area contributed by atoms with Crippen molar-refractivity contribution in [2.45, 2.75) is 31.3 Å². The van der Waals surface area contributed by atoms with E-state index in [1.807, 2.05) is 0 Å². The monoisotopic (exact) mass is 196 g/mol. The van der Waals surface area contributed by atoms with Gasteiger partial charge in [-0.1, -0.05) is 0 Å². The molecule has 1 saturated heterocycles. The van der Waals surface area contributed by atoms with Crippen molar-refractivity contribution in [3.05, 3.63) is 11.3 Å². The molecule has 14 heavy (non-hydrogen) atoms. The van der Waals surface area contributed by atoms with E-state index in [1.54, 1.807) is 0 Å². The van der Waals surface area contributed by atoms with Crippen molar-refractivity contribution < 1.29 is 9.53 Å². The average molecular weight is 196 g/mol. The lowest BCUT2D eigenvalue weighted by molar-refractivity contribution is -0.137. The van der Waals surface area contributed by atoms with Gasteiger partial charge >= 0.3 is 5.97 Å². The minimum atomic E-state index is -0.264. The highest BCUT2D eigenvalue weighted by Crippen LogP contribution is 2.36. The zero-order chi connectivity index (χ0) is 10.3. The quantitative estimate of drug-likeness (QED) is 0.610. The first-order chi connectivity index (χ1) is 6.65. The lowest BCUT2D eigenvalue weighted by Gasteiger charge is -2.32. The van der Waals surface area contributed by atoms with E-state index >= 15 is 0 Å². The predicted octanol–water partition coefficient (Wildman–Crippen LogP) is 0.239. The smallest absolute Gasteiger partial charge is 0.337 e. The fraction of sp³-hybridized carbons (Fsp3) is 0.700. The Balaban J connectivity index is 2.33. The lowest BCUT2D eigenvalue weighted by atomic mass is 9.99. The minimum Gasteiger partial charge on any atom is -0.466 e. The second kappa shape index (κ2) is 3.28. The van der Waals surface area contributed by atoms with Gasteiger partial charge in [0.25, 0.3) is 0 Å². The number of nitrogens with zero attached hydrogens (tertiary/aromatic N) is 1. The van der Waals surface area contributed by atoms with Crippen molar-refractivity contribution in [2.24, 2.45) is 5.73 Å². The summed E-state index contributed by atoms with van der Waals surface area (Å²) in [6.45, 7) is 0. The van der Waals surface area contributed by atoms with Crippen molar-refractivity contribution in [1.82, 2.24) is 4.90 Å². The summed E-state index contributed by atoms with van der Waals surface area (Å²) in [5.74, 6) is -0.264. The number of methoxy groups -OCH3 is 1. The highest BCUT2D eigenvalue weighted by Gasteiger charge is 2.41. The van der Waals surface area contributed by atoms with Crippen LogP contribution >= 0.6 is 0 Å². The van der Waals surface area contributed by atoms with Gasteiger partial charge in [0.05, 0.1) is 12.7 Å². The molecule has 0 aromatic rings. The van der Waals surface area contributed by atoms with Gasteiger partial charge < -0.3 is 10.5 Å². The fourth-order valence-electron chi connectivity index (χ4n) is 2.56. The Kier molecular flexibility index (Phi) is 2.23. The van der Waals surface area contributed by atoms with E-state index < -0.39 is 0 Å². The van der Waals surface area contributed by atoms with Crippen LogP contribution in [0.5, 0.6) is 0 Å². The Hall–Kier alpha value is -1.03. The number of likely N-dealkylation sites (N-methyl/N-ethyl adjacent to an activating group) is 1. The van der Waals surface area contributed by atoms with Crippen LogP contribution in [0.2, 0.25) is 0 Å². The molecule has 0 aromatic heterocycles. The van der Waals surface area contributed by atoms with Crippen LogP contribution in [0.3, 0.4) is 0 Å². The van der Waals surface area contributed by atoms with Crippen LogP contribution in [0, 0.1) is 0 Å². The van der Waals surface area contributed by atoms with Gasteiger partial charge in [0.15, 0.2) is 0 Å². The standard InChI is InChI=1S/C10H16N2O2/c1-12-6-3-4-8(12)9(7(11)5-6)10(13)14-2/h6,8H,3-5,11H2,1-2H3. The SMILES string of the molecule is COC(=O)C1=C(N)CC2CCC1N2C. The van der Waals surface area contributed by atoms with Crippen LogP contribution in [-0.4, -0.2) is 37.1 Å². The Bertz CT molecular complexity index is 298. The Morgan fingerprint density at radius 3 is 2.93 bits per heavy atom. The Labute approximate surface area is 83.7 Å². The molecule has 2 aliphatic heterocycles. The zero-order valence-electron chi connectivity index (χ0n) is 8.62. The molecule has 2 N–H and O–H groups in total. The molecule has 0 amide bonds. The van der Waals surface area contributed by atoms with Gasteiger partial charge in [-0.2, -0.15) is 0 Å². The van der Waals surface area contributed by atoms with Gasteiger partial charge in [0, 0.05) is 24.2 Å². The van der Waals surface area contributed by atoms with E-state index in [-0.39, 0.29) is 12.0 Å². The van der Waals surface area contributed by atoms with Crippen molar-refractivity contribution >= 4 is 5.97 Å². The molecule has 1 fully saturated rings. The molecule has 2 rings (SSSR count). The van der Waals surface area contributed by atoms with Crippen molar-refractivity contribution in [3.63, 3.8) is 0 Å². The summed E-state index contributed by atoms with van der Waals surface area (Å²) in [4.78, 5) is 13.8. The van der Waals surface area contributed by atoms with Crippen molar-refractivity contribution in [3.8, 4) is 0 Å². The van der Waals surface area contributed by atoms with E-state index in [2.05, 4.69) is 11.9 Å². The van der Waals surface area contributed by atoms with Crippen LogP contribution in [0.4, 0.5) is 0 Å². The maximum absolute atomic E-state index is 11.5.